The molecule has 3 amide bonds. The number of amides is 3. The molecule has 0 saturated carbocycles. The quantitative estimate of drug-likeness (QED) is 0.369. The van der Waals surface area contributed by atoms with Crippen molar-refractivity contribution < 1.29 is 14.4 Å². The third-order valence-electron chi connectivity index (χ3n) is 6.21. The molecule has 4 rings (SSSR count). The van der Waals surface area contributed by atoms with Gasteiger partial charge in [-0.2, -0.15) is 0 Å². The molecule has 37 heavy (non-hydrogen) atoms. The molecule has 0 spiro atoms. The Hall–Kier alpha value is -3.23. The van der Waals surface area contributed by atoms with Crippen LogP contribution in [0.25, 0.3) is 10.8 Å². The maximum absolute atomic E-state index is 13.0. The van der Waals surface area contributed by atoms with Gasteiger partial charge in [-0.3, -0.25) is 14.4 Å². The van der Waals surface area contributed by atoms with Crippen LogP contribution in [0.3, 0.4) is 0 Å². The number of benzene rings is 3. The minimum absolute atomic E-state index is 0.0710. The Morgan fingerprint density at radius 3 is 2.46 bits per heavy atom. The zero-order valence-electron chi connectivity index (χ0n) is 21.2. The summed E-state index contributed by atoms with van der Waals surface area (Å²) in [6.07, 6.45) is 4.00. The average molecular weight is 568 g/mol. The number of halogens is 1. The van der Waals surface area contributed by atoms with E-state index in [9.17, 15) is 14.4 Å². The van der Waals surface area contributed by atoms with Gasteiger partial charge in [-0.1, -0.05) is 71.7 Å². The summed E-state index contributed by atoms with van der Waals surface area (Å²) in [4.78, 5) is 39.6. The zero-order valence-corrected chi connectivity index (χ0v) is 22.8. The fourth-order valence-electron chi connectivity index (χ4n) is 4.28. The Kier molecular flexibility index (Phi) is 11.1. The molecule has 0 aromatic heterocycles. The number of unbranched alkanes of at least 4 members (excludes halogenated alkanes) is 1. The zero-order chi connectivity index (χ0) is 26.6. The van der Waals surface area contributed by atoms with Crippen LogP contribution in [-0.4, -0.2) is 48.3 Å². The predicted octanol–water partition coefficient (Wildman–Crippen LogP) is 4.64. The van der Waals surface area contributed by atoms with E-state index >= 15 is 0 Å². The minimum Gasteiger partial charge on any atom is -0.345 e. The fraction of sp³-hybridized carbons (Fsp3) is 0.345. The lowest BCUT2D eigenvalue weighted by Gasteiger charge is -2.24. The number of carbonyl (C=O) groups is 3. The van der Waals surface area contributed by atoms with Crippen LogP contribution in [0.1, 0.15) is 38.2 Å². The second-order valence-electron chi connectivity index (χ2n) is 8.98. The highest BCUT2D eigenvalue weighted by Gasteiger charge is 2.34. The Morgan fingerprint density at radius 1 is 1.03 bits per heavy atom. The van der Waals surface area contributed by atoms with Gasteiger partial charge in [-0.25, -0.2) is 0 Å². The van der Waals surface area contributed by atoms with E-state index in [2.05, 4.69) is 33.5 Å². The van der Waals surface area contributed by atoms with Crippen molar-refractivity contribution in [3.05, 3.63) is 76.8 Å². The summed E-state index contributed by atoms with van der Waals surface area (Å²) >= 11 is 3.35. The molecular formula is C29H35BrN4O3. The van der Waals surface area contributed by atoms with E-state index in [1.165, 1.54) is 12.8 Å². The molecule has 1 aliphatic heterocycles. The molecular weight excluding hydrogens is 532 g/mol. The van der Waals surface area contributed by atoms with Crippen LogP contribution >= 0.6 is 15.9 Å². The van der Waals surface area contributed by atoms with Gasteiger partial charge in [0, 0.05) is 16.7 Å². The van der Waals surface area contributed by atoms with Crippen molar-refractivity contribution in [2.45, 2.75) is 45.1 Å². The van der Waals surface area contributed by atoms with Crippen LogP contribution in [0, 0.1) is 0 Å². The lowest BCUT2D eigenvalue weighted by Crippen LogP contribution is -2.48. The number of carbonyl (C=O) groups excluding carboxylic acids is 3. The van der Waals surface area contributed by atoms with E-state index in [1.807, 2.05) is 54.6 Å². The first kappa shape index (κ1) is 28.3. The highest BCUT2D eigenvalue weighted by Crippen LogP contribution is 2.23. The summed E-state index contributed by atoms with van der Waals surface area (Å²) in [7, 11) is 0. The minimum atomic E-state index is -0.544. The van der Waals surface area contributed by atoms with Crippen molar-refractivity contribution >= 4 is 50.1 Å². The number of nitrogens with zero attached hydrogens (tertiary/aromatic N) is 1. The summed E-state index contributed by atoms with van der Waals surface area (Å²) in [5.74, 6) is -0.676. The molecule has 1 unspecified atom stereocenters. The first-order valence-corrected chi connectivity index (χ1v) is 13.5. The molecule has 196 valence electrons. The molecule has 1 atom stereocenters. The summed E-state index contributed by atoms with van der Waals surface area (Å²) in [6.45, 7) is 3.38. The molecule has 1 fully saturated rings. The maximum Gasteiger partial charge on any atom is 0.243 e. The van der Waals surface area contributed by atoms with Crippen LogP contribution in [0.15, 0.2) is 71.2 Å². The van der Waals surface area contributed by atoms with Crippen molar-refractivity contribution in [3.63, 3.8) is 0 Å². The number of fused-ring (bicyclic) bond motifs is 1. The second kappa shape index (κ2) is 14.5. The third-order valence-corrected chi connectivity index (χ3v) is 6.73. The smallest absolute Gasteiger partial charge is 0.243 e. The highest BCUT2D eigenvalue weighted by molar-refractivity contribution is 9.10. The van der Waals surface area contributed by atoms with Gasteiger partial charge in [-0.05, 0) is 66.4 Å². The number of hydrogen-bond acceptors (Lipinski definition) is 4. The molecule has 0 bridgehead atoms. The maximum atomic E-state index is 13.0. The summed E-state index contributed by atoms with van der Waals surface area (Å²) in [6, 6.07) is 20.5. The number of nitrogens with one attached hydrogen (secondary N) is 2. The van der Waals surface area contributed by atoms with Crippen LogP contribution < -0.4 is 16.4 Å². The van der Waals surface area contributed by atoms with E-state index < -0.39 is 6.04 Å². The van der Waals surface area contributed by atoms with E-state index in [4.69, 9.17) is 5.73 Å². The standard InChI is InChI=1S/C25H24BrN3O3.C4H11N/c26-19-10-12-20(13-11-19)28-23(30)16-27-25(32)22-9-4-14-29(22)24(31)15-18-7-3-6-17-5-1-2-8-21(17)18;1-2-3-4-5/h1-3,5-8,10-13,22H,4,9,14-16H2,(H,27,32)(H,28,30);2-5H2,1H3. The molecule has 1 saturated heterocycles. The van der Waals surface area contributed by atoms with Gasteiger partial charge in [0.2, 0.25) is 17.7 Å². The van der Waals surface area contributed by atoms with Crippen LogP contribution in [0.2, 0.25) is 0 Å². The summed E-state index contributed by atoms with van der Waals surface area (Å²) in [5.41, 5.74) is 6.74. The van der Waals surface area contributed by atoms with Gasteiger partial charge in [0.05, 0.1) is 13.0 Å². The van der Waals surface area contributed by atoms with Crippen LogP contribution in [0.4, 0.5) is 5.69 Å². The first-order chi connectivity index (χ1) is 17.9. The number of likely N-dealkylation sites (tertiary alicyclic amines) is 1. The normalized spacial score (nSPS) is 14.6. The van der Waals surface area contributed by atoms with Crippen molar-refractivity contribution in [1.29, 1.82) is 0 Å². The SMILES string of the molecule is CCCCN.O=C(CNC(=O)C1CCCN1C(=O)Cc1cccc2ccccc12)Nc1ccc(Br)cc1. The lowest BCUT2D eigenvalue weighted by atomic mass is 10.0. The molecule has 4 N–H and O–H groups in total. The lowest BCUT2D eigenvalue weighted by molar-refractivity contribution is -0.138. The second-order valence-corrected chi connectivity index (χ2v) is 9.89. The predicted molar refractivity (Wildman–Crippen MR) is 152 cm³/mol. The Bertz CT molecular complexity index is 1190. The molecule has 1 heterocycles. The number of hydrogen-bond donors (Lipinski definition) is 3. The average Bonchev–Trinajstić information content (AvgIpc) is 3.40. The van der Waals surface area contributed by atoms with E-state index in [1.54, 1.807) is 17.0 Å². The summed E-state index contributed by atoms with van der Waals surface area (Å²) < 4.78 is 0.915. The highest BCUT2D eigenvalue weighted by atomic mass is 79.9. The number of rotatable bonds is 8. The van der Waals surface area contributed by atoms with Gasteiger partial charge in [0.15, 0.2) is 0 Å². The molecule has 3 aromatic carbocycles. The molecule has 7 nitrogen and oxygen atoms in total. The Labute approximate surface area is 226 Å². The molecule has 1 aliphatic rings. The van der Waals surface area contributed by atoms with Crippen LogP contribution in [0.5, 0.6) is 0 Å². The monoisotopic (exact) mass is 566 g/mol. The van der Waals surface area contributed by atoms with Crippen molar-refractivity contribution in [2.24, 2.45) is 5.73 Å². The van der Waals surface area contributed by atoms with Gasteiger partial charge in [0.1, 0.15) is 6.04 Å². The van der Waals surface area contributed by atoms with Crippen molar-refractivity contribution in [3.8, 4) is 0 Å². The van der Waals surface area contributed by atoms with Gasteiger partial charge in [-0.15, -0.1) is 0 Å². The Morgan fingerprint density at radius 2 is 1.76 bits per heavy atom. The summed E-state index contributed by atoms with van der Waals surface area (Å²) in [5, 5.41) is 7.56. The third kappa shape index (κ3) is 8.40. The van der Waals surface area contributed by atoms with Crippen LogP contribution in [-0.2, 0) is 20.8 Å². The molecule has 0 aliphatic carbocycles. The Balaban J connectivity index is 0.000000695. The number of anilines is 1. The topological polar surface area (TPSA) is 105 Å². The van der Waals surface area contributed by atoms with E-state index in [0.29, 0.717) is 18.7 Å². The van der Waals surface area contributed by atoms with E-state index in [-0.39, 0.29) is 30.7 Å². The van der Waals surface area contributed by atoms with Gasteiger partial charge >= 0.3 is 0 Å². The largest absolute Gasteiger partial charge is 0.345 e. The van der Waals surface area contributed by atoms with Crippen molar-refractivity contribution in [1.82, 2.24) is 10.2 Å². The van der Waals surface area contributed by atoms with Gasteiger partial charge < -0.3 is 21.3 Å². The van der Waals surface area contributed by atoms with E-state index in [0.717, 1.165) is 33.8 Å². The molecule has 0 radical (unpaired) electrons. The molecule has 8 heteroatoms. The number of nitrogens with two attached hydrogens (primary N) is 1. The van der Waals surface area contributed by atoms with Gasteiger partial charge in [0.25, 0.3) is 0 Å². The first-order valence-electron chi connectivity index (χ1n) is 12.7. The fourth-order valence-corrected chi connectivity index (χ4v) is 4.54. The van der Waals surface area contributed by atoms with Crippen molar-refractivity contribution in [2.75, 3.05) is 25.0 Å². The molecule has 3 aromatic rings.